The van der Waals surface area contributed by atoms with Crippen LogP contribution in [0, 0.1) is 12.7 Å². The van der Waals surface area contributed by atoms with Crippen LogP contribution in [-0.2, 0) is 0 Å². The molecule has 0 aromatic heterocycles. The van der Waals surface area contributed by atoms with E-state index in [1.165, 1.54) is 12.1 Å². The minimum atomic E-state index is -0.395. The number of aryl methyl sites for hydroxylation is 1. The van der Waals surface area contributed by atoms with Crippen LogP contribution in [0.4, 0.5) is 4.39 Å². The lowest BCUT2D eigenvalue weighted by Crippen LogP contribution is -2.04. The predicted molar refractivity (Wildman–Crippen MR) is 86.2 cm³/mol. The first-order valence-electron chi connectivity index (χ1n) is 6.55. The Hall–Kier alpha value is -2.00. The highest BCUT2D eigenvalue weighted by atomic mass is 79.9. The minimum Gasteiger partial charge on any atom is -0.289 e. The maximum atomic E-state index is 13.4. The molecule has 21 heavy (non-hydrogen) atoms. The third kappa shape index (κ3) is 2.74. The number of hydrogen-bond donors (Lipinski definition) is 0. The van der Waals surface area contributed by atoms with Crippen LogP contribution in [0.15, 0.2) is 59.1 Å². The van der Waals surface area contributed by atoms with E-state index in [2.05, 4.69) is 15.9 Å². The second kappa shape index (κ2) is 5.41. The van der Waals surface area contributed by atoms with Crippen molar-refractivity contribution < 1.29 is 9.18 Å². The van der Waals surface area contributed by atoms with Crippen LogP contribution in [0.5, 0.6) is 0 Å². The molecule has 3 heteroatoms. The Morgan fingerprint density at radius 2 is 1.67 bits per heavy atom. The van der Waals surface area contributed by atoms with E-state index in [4.69, 9.17) is 0 Å². The highest BCUT2D eigenvalue weighted by Gasteiger charge is 2.13. The number of ketones is 1. The van der Waals surface area contributed by atoms with Crippen molar-refractivity contribution in [2.45, 2.75) is 6.92 Å². The molecule has 0 aliphatic heterocycles. The standard InChI is InChI=1S/C18H12BrFO/c1-11-2-7-16(20)10-17(11)18(21)14-4-3-13-9-15(19)6-5-12(13)8-14/h2-10H,1H3. The molecule has 104 valence electrons. The van der Waals surface area contributed by atoms with Crippen molar-refractivity contribution in [1.29, 1.82) is 0 Å². The molecular formula is C18H12BrFO. The number of hydrogen-bond acceptors (Lipinski definition) is 1. The van der Waals surface area contributed by atoms with E-state index in [1.54, 1.807) is 12.1 Å². The molecule has 0 aliphatic carbocycles. The van der Waals surface area contributed by atoms with Gasteiger partial charge in [-0.25, -0.2) is 4.39 Å². The van der Waals surface area contributed by atoms with Crippen molar-refractivity contribution in [3.63, 3.8) is 0 Å². The van der Waals surface area contributed by atoms with Gasteiger partial charge in [-0.05, 0) is 53.6 Å². The second-order valence-corrected chi connectivity index (χ2v) is 5.91. The highest BCUT2D eigenvalue weighted by Crippen LogP contribution is 2.23. The summed E-state index contributed by atoms with van der Waals surface area (Å²) in [5.41, 5.74) is 1.75. The smallest absolute Gasteiger partial charge is 0.193 e. The SMILES string of the molecule is Cc1ccc(F)cc1C(=O)c1ccc2cc(Br)ccc2c1. The summed E-state index contributed by atoms with van der Waals surface area (Å²) in [4.78, 5) is 12.6. The van der Waals surface area contributed by atoms with Gasteiger partial charge >= 0.3 is 0 Å². The van der Waals surface area contributed by atoms with E-state index >= 15 is 0 Å². The molecule has 1 nitrogen and oxygen atoms in total. The predicted octanol–water partition coefficient (Wildman–Crippen LogP) is 5.28. The Morgan fingerprint density at radius 1 is 0.952 bits per heavy atom. The van der Waals surface area contributed by atoms with Crippen molar-refractivity contribution in [3.05, 3.63) is 81.6 Å². The molecule has 0 fully saturated rings. The molecule has 0 saturated heterocycles. The van der Waals surface area contributed by atoms with Gasteiger partial charge in [0.2, 0.25) is 0 Å². The van der Waals surface area contributed by atoms with Gasteiger partial charge in [-0.15, -0.1) is 0 Å². The Bertz CT molecular complexity index is 855. The molecule has 0 spiro atoms. The lowest BCUT2D eigenvalue weighted by Gasteiger charge is -2.07. The number of fused-ring (bicyclic) bond motifs is 1. The summed E-state index contributed by atoms with van der Waals surface area (Å²) in [6.07, 6.45) is 0. The van der Waals surface area contributed by atoms with Crippen LogP contribution < -0.4 is 0 Å². The van der Waals surface area contributed by atoms with Crippen molar-refractivity contribution in [2.24, 2.45) is 0 Å². The third-order valence-corrected chi connectivity index (χ3v) is 4.00. The zero-order chi connectivity index (χ0) is 15.0. The molecule has 0 saturated carbocycles. The summed E-state index contributed by atoms with van der Waals surface area (Å²) in [6.45, 7) is 1.81. The normalized spacial score (nSPS) is 10.8. The number of carbonyl (C=O) groups excluding carboxylic acids is 1. The molecule has 3 aromatic carbocycles. The molecule has 0 N–H and O–H groups in total. The average Bonchev–Trinajstić information content (AvgIpc) is 2.48. The van der Waals surface area contributed by atoms with E-state index in [1.807, 2.05) is 37.3 Å². The van der Waals surface area contributed by atoms with Gasteiger partial charge < -0.3 is 0 Å². The number of benzene rings is 3. The number of carbonyl (C=O) groups is 1. The van der Waals surface area contributed by atoms with Gasteiger partial charge in [0.25, 0.3) is 0 Å². The van der Waals surface area contributed by atoms with Crippen LogP contribution in [0.1, 0.15) is 21.5 Å². The summed E-state index contributed by atoms with van der Waals surface area (Å²) in [5, 5.41) is 2.04. The Morgan fingerprint density at radius 3 is 2.48 bits per heavy atom. The molecule has 0 aliphatic rings. The van der Waals surface area contributed by atoms with Crippen molar-refractivity contribution in [1.82, 2.24) is 0 Å². The van der Waals surface area contributed by atoms with Crippen LogP contribution >= 0.6 is 15.9 Å². The van der Waals surface area contributed by atoms with Gasteiger partial charge in [0.15, 0.2) is 5.78 Å². The second-order valence-electron chi connectivity index (χ2n) is 4.99. The average molecular weight is 343 g/mol. The maximum absolute atomic E-state index is 13.4. The van der Waals surface area contributed by atoms with Crippen molar-refractivity contribution >= 4 is 32.5 Å². The van der Waals surface area contributed by atoms with Gasteiger partial charge in [-0.1, -0.05) is 40.2 Å². The summed E-state index contributed by atoms with van der Waals surface area (Å²) < 4.78 is 14.4. The van der Waals surface area contributed by atoms with E-state index < -0.39 is 5.82 Å². The van der Waals surface area contributed by atoms with Gasteiger partial charge in [-0.2, -0.15) is 0 Å². The van der Waals surface area contributed by atoms with Gasteiger partial charge in [0.05, 0.1) is 0 Å². The number of rotatable bonds is 2. The molecule has 0 heterocycles. The first-order valence-corrected chi connectivity index (χ1v) is 7.34. The summed E-state index contributed by atoms with van der Waals surface area (Å²) in [5.74, 6) is -0.550. The van der Waals surface area contributed by atoms with Crippen LogP contribution in [0.2, 0.25) is 0 Å². The third-order valence-electron chi connectivity index (χ3n) is 3.51. The first kappa shape index (κ1) is 14.0. The molecule has 0 unspecified atom stereocenters. The fraction of sp³-hybridized carbons (Fsp3) is 0.0556. The quantitative estimate of drug-likeness (QED) is 0.579. The fourth-order valence-electron chi connectivity index (χ4n) is 2.35. The Kier molecular flexibility index (Phi) is 3.60. The van der Waals surface area contributed by atoms with Crippen molar-refractivity contribution in [3.8, 4) is 0 Å². The highest BCUT2D eigenvalue weighted by molar-refractivity contribution is 9.10. The molecule has 0 amide bonds. The lowest BCUT2D eigenvalue weighted by atomic mass is 9.97. The van der Waals surface area contributed by atoms with Crippen LogP contribution in [0.3, 0.4) is 0 Å². The van der Waals surface area contributed by atoms with Gasteiger partial charge in [0, 0.05) is 15.6 Å². The Balaban J connectivity index is 2.09. The van der Waals surface area contributed by atoms with E-state index in [0.29, 0.717) is 11.1 Å². The van der Waals surface area contributed by atoms with Crippen LogP contribution in [0.25, 0.3) is 10.8 Å². The lowest BCUT2D eigenvalue weighted by molar-refractivity contribution is 0.103. The molecular weight excluding hydrogens is 331 g/mol. The zero-order valence-electron chi connectivity index (χ0n) is 11.4. The summed E-state index contributed by atoms with van der Waals surface area (Å²) in [6, 6.07) is 15.7. The summed E-state index contributed by atoms with van der Waals surface area (Å²) >= 11 is 3.43. The Labute approximate surface area is 130 Å². The molecule has 3 aromatic rings. The monoisotopic (exact) mass is 342 g/mol. The van der Waals surface area contributed by atoms with Gasteiger partial charge in [-0.3, -0.25) is 4.79 Å². The largest absolute Gasteiger partial charge is 0.289 e. The molecule has 3 rings (SSSR count). The molecule has 0 bridgehead atoms. The molecule has 0 radical (unpaired) electrons. The van der Waals surface area contributed by atoms with Gasteiger partial charge in [0.1, 0.15) is 5.82 Å². The van der Waals surface area contributed by atoms with E-state index in [9.17, 15) is 9.18 Å². The number of halogens is 2. The zero-order valence-corrected chi connectivity index (χ0v) is 12.9. The van der Waals surface area contributed by atoms with Crippen molar-refractivity contribution in [2.75, 3.05) is 0 Å². The van der Waals surface area contributed by atoms with Crippen LogP contribution in [-0.4, -0.2) is 5.78 Å². The van der Waals surface area contributed by atoms with E-state index in [0.717, 1.165) is 20.8 Å². The van der Waals surface area contributed by atoms with E-state index in [-0.39, 0.29) is 5.78 Å². The molecule has 0 atom stereocenters. The maximum Gasteiger partial charge on any atom is 0.193 e. The summed E-state index contributed by atoms with van der Waals surface area (Å²) in [7, 11) is 0. The fourth-order valence-corrected chi connectivity index (χ4v) is 2.73. The minimum absolute atomic E-state index is 0.156. The topological polar surface area (TPSA) is 17.1 Å². The first-order chi connectivity index (χ1) is 10.0.